The Morgan fingerprint density at radius 1 is 1.40 bits per heavy atom. The van der Waals surface area contributed by atoms with E-state index in [-0.39, 0.29) is 0 Å². The Bertz CT molecular complexity index is 147. The van der Waals surface area contributed by atoms with Gasteiger partial charge in [-0.25, -0.2) is 0 Å². The Morgan fingerprint density at radius 2 is 2.27 bits per heavy atom. The summed E-state index contributed by atoms with van der Waals surface area (Å²) in [6.45, 7) is 5.95. The first-order valence-corrected chi connectivity index (χ1v) is 7.48. The lowest BCUT2D eigenvalue weighted by Crippen LogP contribution is -2.42. The van der Waals surface area contributed by atoms with E-state index in [1.165, 1.54) is 56.8 Å². The summed E-state index contributed by atoms with van der Waals surface area (Å²) in [4.78, 5) is 2.49. The van der Waals surface area contributed by atoms with Gasteiger partial charge in [-0.2, -0.15) is 11.8 Å². The van der Waals surface area contributed by atoms with Crippen LogP contribution >= 0.6 is 11.8 Å². The van der Waals surface area contributed by atoms with Gasteiger partial charge in [0.1, 0.15) is 0 Å². The molecule has 3 heteroatoms. The zero-order valence-electron chi connectivity index (χ0n) is 10.3. The van der Waals surface area contributed by atoms with Gasteiger partial charge in [-0.3, -0.25) is 0 Å². The highest BCUT2D eigenvalue weighted by molar-refractivity contribution is 7.99. The number of rotatable bonds is 7. The summed E-state index contributed by atoms with van der Waals surface area (Å²) in [5.41, 5.74) is 0. The van der Waals surface area contributed by atoms with Crippen LogP contribution in [-0.4, -0.2) is 49.1 Å². The molecule has 2 nitrogen and oxygen atoms in total. The molecular weight excluding hydrogens is 204 g/mol. The molecule has 1 rings (SSSR count). The summed E-state index contributed by atoms with van der Waals surface area (Å²) in [7, 11) is 2.26. The average Bonchev–Trinajstić information content (AvgIpc) is 2.26. The predicted molar refractivity (Wildman–Crippen MR) is 70.8 cm³/mol. The van der Waals surface area contributed by atoms with Gasteiger partial charge in [0.2, 0.25) is 0 Å². The fraction of sp³-hybridized carbons (Fsp3) is 1.00. The summed E-state index contributed by atoms with van der Waals surface area (Å²) in [6, 6.07) is 0.752. The molecule has 0 saturated carbocycles. The first-order valence-electron chi connectivity index (χ1n) is 6.32. The van der Waals surface area contributed by atoms with E-state index >= 15 is 0 Å². The molecule has 15 heavy (non-hydrogen) atoms. The maximum atomic E-state index is 3.60. The average molecular weight is 230 g/mol. The highest BCUT2D eigenvalue weighted by Gasteiger charge is 2.13. The van der Waals surface area contributed by atoms with Crippen LogP contribution in [-0.2, 0) is 0 Å². The molecule has 1 aliphatic rings. The number of likely N-dealkylation sites (N-methyl/N-ethyl adjacent to an activating group) is 1. The third kappa shape index (κ3) is 6.44. The standard InChI is InChI=1S/C12H26N2S/c1-3-15-10-6-9-14(2)11-12-7-4-5-8-13-12/h12-13H,3-11H2,1-2H3. The molecule has 1 unspecified atom stereocenters. The van der Waals surface area contributed by atoms with Crippen LogP contribution in [0.2, 0.25) is 0 Å². The fourth-order valence-electron chi connectivity index (χ4n) is 2.13. The van der Waals surface area contributed by atoms with Crippen LogP contribution in [0.3, 0.4) is 0 Å². The third-order valence-electron chi connectivity index (χ3n) is 2.98. The maximum absolute atomic E-state index is 3.60. The first kappa shape index (κ1) is 13.3. The zero-order valence-corrected chi connectivity index (χ0v) is 11.1. The number of hydrogen-bond acceptors (Lipinski definition) is 3. The summed E-state index contributed by atoms with van der Waals surface area (Å²) in [5.74, 6) is 2.58. The summed E-state index contributed by atoms with van der Waals surface area (Å²) in [6.07, 6.45) is 5.49. The van der Waals surface area contributed by atoms with Crippen molar-refractivity contribution < 1.29 is 0 Å². The summed E-state index contributed by atoms with van der Waals surface area (Å²) < 4.78 is 0. The van der Waals surface area contributed by atoms with Gasteiger partial charge >= 0.3 is 0 Å². The first-order chi connectivity index (χ1) is 7.33. The minimum Gasteiger partial charge on any atom is -0.313 e. The molecule has 0 aromatic heterocycles. The molecule has 1 saturated heterocycles. The van der Waals surface area contributed by atoms with Crippen molar-refractivity contribution in [3.63, 3.8) is 0 Å². The van der Waals surface area contributed by atoms with Crippen LogP contribution in [0.25, 0.3) is 0 Å². The van der Waals surface area contributed by atoms with Gasteiger partial charge in [0.15, 0.2) is 0 Å². The molecule has 1 heterocycles. The second-order valence-corrected chi connectivity index (χ2v) is 5.85. The number of nitrogens with one attached hydrogen (secondary N) is 1. The van der Waals surface area contributed by atoms with Crippen molar-refractivity contribution in [1.82, 2.24) is 10.2 Å². The molecule has 0 spiro atoms. The van der Waals surface area contributed by atoms with Crippen molar-refractivity contribution in [1.29, 1.82) is 0 Å². The van der Waals surface area contributed by atoms with Crippen molar-refractivity contribution in [3.8, 4) is 0 Å². The fourth-order valence-corrected chi connectivity index (χ4v) is 2.75. The minimum absolute atomic E-state index is 0.752. The van der Waals surface area contributed by atoms with Crippen LogP contribution < -0.4 is 5.32 Å². The van der Waals surface area contributed by atoms with Gasteiger partial charge in [-0.1, -0.05) is 13.3 Å². The molecule has 0 bridgehead atoms. The van der Waals surface area contributed by atoms with Gasteiger partial charge in [0, 0.05) is 12.6 Å². The predicted octanol–water partition coefficient (Wildman–Crippen LogP) is 2.20. The van der Waals surface area contributed by atoms with E-state index in [0.29, 0.717) is 0 Å². The van der Waals surface area contributed by atoms with Gasteiger partial charge in [0.25, 0.3) is 0 Å². The minimum atomic E-state index is 0.752. The molecule has 90 valence electrons. The molecule has 0 radical (unpaired) electrons. The van der Waals surface area contributed by atoms with E-state index in [4.69, 9.17) is 0 Å². The summed E-state index contributed by atoms with van der Waals surface area (Å²) >= 11 is 2.05. The van der Waals surface area contributed by atoms with Gasteiger partial charge < -0.3 is 10.2 Å². The highest BCUT2D eigenvalue weighted by Crippen LogP contribution is 2.08. The Hall–Kier alpha value is 0.270. The Labute approximate surface area is 99.2 Å². The van der Waals surface area contributed by atoms with Crippen LogP contribution in [0.15, 0.2) is 0 Å². The molecule has 1 fully saturated rings. The molecule has 0 aliphatic carbocycles. The molecule has 0 aromatic rings. The third-order valence-corrected chi connectivity index (χ3v) is 3.96. The Kier molecular flexibility index (Phi) is 7.49. The van der Waals surface area contributed by atoms with Crippen molar-refractivity contribution >= 4 is 11.8 Å². The SMILES string of the molecule is CCSCCCN(C)CC1CCCCN1. The van der Waals surface area contributed by atoms with E-state index < -0.39 is 0 Å². The van der Waals surface area contributed by atoms with Crippen LogP contribution in [0.1, 0.15) is 32.6 Å². The monoisotopic (exact) mass is 230 g/mol. The maximum Gasteiger partial charge on any atom is 0.0194 e. The van der Waals surface area contributed by atoms with Crippen LogP contribution in [0, 0.1) is 0 Å². The van der Waals surface area contributed by atoms with E-state index in [0.717, 1.165) is 6.04 Å². The van der Waals surface area contributed by atoms with Gasteiger partial charge in [0.05, 0.1) is 0 Å². The van der Waals surface area contributed by atoms with Crippen LogP contribution in [0.5, 0.6) is 0 Å². The lowest BCUT2D eigenvalue weighted by atomic mass is 10.0. The van der Waals surface area contributed by atoms with E-state index in [2.05, 4.69) is 35.9 Å². The molecule has 0 amide bonds. The second kappa shape index (κ2) is 8.43. The zero-order chi connectivity index (χ0) is 10.9. The van der Waals surface area contributed by atoms with E-state index in [1.54, 1.807) is 0 Å². The number of piperidine rings is 1. The van der Waals surface area contributed by atoms with Gasteiger partial charge in [-0.15, -0.1) is 0 Å². The molecule has 1 aliphatic heterocycles. The molecular formula is C12H26N2S. The van der Waals surface area contributed by atoms with Crippen LogP contribution in [0.4, 0.5) is 0 Å². The van der Waals surface area contributed by atoms with E-state index in [1.807, 2.05) is 0 Å². The Morgan fingerprint density at radius 3 is 2.93 bits per heavy atom. The van der Waals surface area contributed by atoms with Crippen molar-refractivity contribution in [2.24, 2.45) is 0 Å². The number of hydrogen-bond donors (Lipinski definition) is 1. The van der Waals surface area contributed by atoms with E-state index in [9.17, 15) is 0 Å². The second-order valence-electron chi connectivity index (χ2n) is 4.46. The lowest BCUT2D eigenvalue weighted by molar-refractivity contribution is 0.263. The molecule has 1 N–H and O–H groups in total. The largest absolute Gasteiger partial charge is 0.313 e. The van der Waals surface area contributed by atoms with Gasteiger partial charge in [-0.05, 0) is 50.9 Å². The topological polar surface area (TPSA) is 15.3 Å². The highest BCUT2D eigenvalue weighted by atomic mass is 32.2. The normalized spacial score (nSPS) is 22.2. The van der Waals surface area contributed by atoms with Crippen molar-refractivity contribution in [2.75, 3.05) is 38.2 Å². The Balaban J connectivity index is 1.98. The summed E-state index contributed by atoms with van der Waals surface area (Å²) in [5, 5.41) is 3.60. The number of nitrogens with zero attached hydrogens (tertiary/aromatic N) is 1. The van der Waals surface area contributed by atoms with Crippen molar-refractivity contribution in [2.45, 2.75) is 38.6 Å². The smallest absolute Gasteiger partial charge is 0.0194 e. The molecule has 0 aromatic carbocycles. The van der Waals surface area contributed by atoms with Crippen molar-refractivity contribution in [3.05, 3.63) is 0 Å². The number of thioether (sulfide) groups is 1. The quantitative estimate of drug-likeness (QED) is 0.675. The lowest BCUT2D eigenvalue weighted by Gasteiger charge is -2.28. The molecule has 1 atom stereocenters.